The van der Waals surface area contributed by atoms with Crippen LogP contribution in [0.4, 0.5) is 0 Å². The zero-order chi connectivity index (χ0) is 19.6. The number of dihydropyridines is 1. The van der Waals surface area contributed by atoms with Gasteiger partial charge in [0, 0.05) is 35.8 Å². The lowest BCUT2D eigenvalue weighted by atomic mass is 9.88. The molecule has 29 heavy (non-hydrogen) atoms. The molecule has 5 rings (SSSR count). The third kappa shape index (κ3) is 3.92. The molecule has 2 aliphatic heterocycles. The van der Waals surface area contributed by atoms with Crippen molar-refractivity contribution in [3.63, 3.8) is 0 Å². The molecule has 0 atom stereocenters. The molecule has 0 radical (unpaired) electrons. The van der Waals surface area contributed by atoms with E-state index in [0.29, 0.717) is 5.92 Å². The van der Waals surface area contributed by atoms with Crippen molar-refractivity contribution in [3.8, 4) is 16.9 Å². The zero-order valence-corrected chi connectivity index (χ0v) is 17.0. The van der Waals surface area contributed by atoms with Crippen LogP contribution in [0.15, 0.2) is 48.8 Å². The van der Waals surface area contributed by atoms with Crippen molar-refractivity contribution in [3.05, 3.63) is 60.3 Å². The van der Waals surface area contributed by atoms with E-state index in [9.17, 15) is 0 Å². The van der Waals surface area contributed by atoms with Crippen molar-refractivity contribution < 1.29 is 4.74 Å². The molecule has 1 N–H and O–H groups in total. The second kappa shape index (κ2) is 7.99. The molecule has 5 heteroatoms. The van der Waals surface area contributed by atoms with E-state index in [-0.39, 0.29) is 0 Å². The number of rotatable bonds is 5. The number of hydrogen-bond acceptors (Lipinski definition) is 5. The Labute approximate surface area is 172 Å². The average Bonchev–Trinajstić information content (AvgIpc) is 3.65. The van der Waals surface area contributed by atoms with E-state index in [1.165, 1.54) is 44.5 Å². The van der Waals surface area contributed by atoms with Gasteiger partial charge in [0.25, 0.3) is 0 Å². The first-order valence-electron chi connectivity index (χ1n) is 10.7. The smallest absolute Gasteiger partial charge is 0.159 e. The minimum Gasteiger partial charge on any atom is -0.497 e. The highest BCUT2D eigenvalue weighted by Gasteiger charge is 2.33. The van der Waals surface area contributed by atoms with E-state index in [2.05, 4.69) is 34.5 Å². The molecule has 2 fully saturated rings. The van der Waals surface area contributed by atoms with Gasteiger partial charge in [0.05, 0.1) is 12.8 Å². The quantitative estimate of drug-likeness (QED) is 0.839. The van der Waals surface area contributed by atoms with Crippen molar-refractivity contribution in [2.45, 2.75) is 37.6 Å². The molecule has 5 nitrogen and oxygen atoms in total. The molecule has 1 aromatic heterocycles. The molecule has 1 saturated heterocycles. The van der Waals surface area contributed by atoms with Gasteiger partial charge < -0.3 is 15.0 Å². The van der Waals surface area contributed by atoms with Crippen LogP contribution in [-0.4, -0.2) is 47.7 Å². The first kappa shape index (κ1) is 18.4. The van der Waals surface area contributed by atoms with Crippen LogP contribution in [0.25, 0.3) is 16.7 Å². The molecule has 1 aliphatic carbocycles. The Bertz CT molecular complexity index is 940. The standard InChI is InChI=1S/C24H28N4O/c1-29-21-4-2-3-19(15-21)22-16-26-24(18-7-11-25-12-8-18)27-23(22)17-9-13-28(14-10-17)20-5-6-20/h2-4,7-8,11,15-17,20,25H,5-6,9-10,12-14H2,1H3. The summed E-state index contributed by atoms with van der Waals surface area (Å²) in [6, 6.07) is 9.09. The van der Waals surface area contributed by atoms with Gasteiger partial charge in [-0.1, -0.05) is 18.2 Å². The SMILES string of the molecule is COc1cccc(-c2cnc(C3=CCNC=C3)nc2C2CCN(C3CC3)CC2)c1. The monoisotopic (exact) mass is 388 g/mol. The normalized spacial score (nSPS) is 20.2. The Hall–Kier alpha value is -2.66. The van der Waals surface area contributed by atoms with Crippen LogP contribution >= 0.6 is 0 Å². The molecule has 0 unspecified atom stereocenters. The molecule has 1 saturated carbocycles. The number of likely N-dealkylation sites (tertiary alicyclic amines) is 1. The molecule has 0 bridgehead atoms. The topological polar surface area (TPSA) is 50.3 Å². The number of nitrogens with one attached hydrogen (secondary N) is 1. The number of hydrogen-bond donors (Lipinski definition) is 1. The lowest BCUT2D eigenvalue weighted by molar-refractivity contribution is 0.202. The summed E-state index contributed by atoms with van der Waals surface area (Å²) in [5.41, 5.74) is 4.55. The summed E-state index contributed by atoms with van der Waals surface area (Å²) in [5.74, 6) is 2.17. The maximum absolute atomic E-state index is 5.46. The molecule has 1 aromatic carbocycles. The maximum atomic E-state index is 5.46. The second-order valence-corrected chi connectivity index (χ2v) is 8.17. The minimum absolute atomic E-state index is 0.472. The first-order valence-corrected chi connectivity index (χ1v) is 10.7. The number of methoxy groups -OCH3 is 1. The molecule has 3 aliphatic rings. The molecule has 0 amide bonds. The van der Waals surface area contributed by atoms with E-state index in [4.69, 9.17) is 14.7 Å². The molecular weight excluding hydrogens is 360 g/mol. The number of allylic oxidation sites excluding steroid dienone is 2. The van der Waals surface area contributed by atoms with Crippen molar-refractivity contribution in [1.82, 2.24) is 20.2 Å². The predicted molar refractivity (Wildman–Crippen MR) is 116 cm³/mol. The van der Waals surface area contributed by atoms with Gasteiger partial charge in [-0.25, -0.2) is 9.97 Å². The highest BCUT2D eigenvalue weighted by molar-refractivity contribution is 5.73. The summed E-state index contributed by atoms with van der Waals surface area (Å²) in [7, 11) is 1.71. The third-order valence-electron chi connectivity index (χ3n) is 6.26. The highest BCUT2D eigenvalue weighted by atomic mass is 16.5. The number of piperidine rings is 1. The van der Waals surface area contributed by atoms with Gasteiger partial charge in [-0.2, -0.15) is 0 Å². The van der Waals surface area contributed by atoms with Crippen molar-refractivity contribution in [2.75, 3.05) is 26.7 Å². The Morgan fingerprint density at radius 2 is 2.00 bits per heavy atom. The fraction of sp³-hybridized carbons (Fsp3) is 0.417. The molecule has 0 spiro atoms. The average molecular weight is 389 g/mol. The summed E-state index contributed by atoms with van der Waals surface area (Å²) in [5, 5.41) is 3.20. The number of aromatic nitrogens is 2. The van der Waals surface area contributed by atoms with E-state index in [1.54, 1.807) is 7.11 Å². The summed E-state index contributed by atoms with van der Waals surface area (Å²) >= 11 is 0. The van der Waals surface area contributed by atoms with Crippen LogP contribution in [0.5, 0.6) is 5.75 Å². The number of ether oxygens (including phenoxy) is 1. The Morgan fingerprint density at radius 1 is 1.14 bits per heavy atom. The lowest BCUT2D eigenvalue weighted by Gasteiger charge is -2.32. The van der Waals surface area contributed by atoms with Crippen LogP contribution in [0.2, 0.25) is 0 Å². The summed E-state index contributed by atoms with van der Waals surface area (Å²) in [4.78, 5) is 12.5. The zero-order valence-electron chi connectivity index (χ0n) is 17.0. The Morgan fingerprint density at radius 3 is 2.72 bits per heavy atom. The molecular formula is C24H28N4O. The van der Waals surface area contributed by atoms with Gasteiger partial charge in [-0.15, -0.1) is 0 Å². The van der Waals surface area contributed by atoms with Crippen LogP contribution in [-0.2, 0) is 0 Å². The second-order valence-electron chi connectivity index (χ2n) is 8.17. The van der Waals surface area contributed by atoms with Crippen LogP contribution in [0.3, 0.4) is 0 Å². The maximum Gasteiger partial charge on any atom is 0.159 e. The van der Waals surface area contributed by atoms with Crippen molar-refractivity contribution >= 4 is 5.57 Å². The molecule has 3 heterocycles. The van der Waals surface area contributed by atoms with Gasteiger partial charge in [0.2, 0.25) is 0 Å². The van der Waals surface area contributed by atoms with E-state index in [1.807, 2.05) is 24.5 Å². The Balaban J connectivity index is 1.51. The van der Waals surface area contributed by atoms with Gasteiger partial charge in [-0.05, 0) is 68.7 Å². The predicted octanol–water partition coefficient (Wildman–Crippen LogP) is 3.99. The molecule has 150 valence electrons. The summed E-state index contributed by atoms with van der Waals surface area (Å²) in [6.07, 6.45) is 13.3. The number of benzene rings is 1. The first-order chi connectivity index (χ1) is 14.3. The van der Waals surface area contributed by atoms with E-state index in [0.717, 1.165) is 40.9 Å². The summed E-state index contributed by atoms with van der Waals surface area (Å²) in [6.45, 7) is 3.18. The highest BCUT2D eigenvalue weighted by Crippen LogP contribution is 2.38. The van der Waals surface area contributed by atoms with E-state index >= 15 is 0 Å². The van der Waals surface area contributed by atoms with Gasteiger partial charge in [0.1, 0.15) is 5.75 Å². The number of nitrogens with zero attached hydrogens (tertiary/aromatic N) is 3. The fourth-order valence-electron chi connectivity index (χ4n) is 4.46. The fourth-order valence-corrected chi connectivity index (χ4v) is 4.46. The third-order valence-corrected chi connectivity index (χ3v) is 6.26. The van der Waals surface area contributed by atoms with Crippen LogP contribution < -0.4 is 10.1 Å². The van der Waals surface area contributed by atoms with Crippen molar-refractivity contribution in [1.29, 1.82) is 0 Å². The van der Waals surface area contributed by atoms with Crippen molar-refractivity contribution in [2.24, 2.45) is 0 Å². The van der Waals surface area contributed by atoms with E-state index < -0.39 is 0 Å². The van der Waals surface area contributed by atoms with Gasteiger partial charge >= 0.3 is 0 Å². The van der Waals surface area contributed by atoms with Crippen LogP contribution in [0, 0.1) is 0 Å². The van der Waals surface area contributed by atoms with Gasteiger partial charge in [-0.3, -0.25) is 0 Å². The lowest BCUT2D eigenvalue weighted by Crippen LogP contribution is -2.35. The Kier molecular flexibility index (Phi) is 5.06. The summed E-state index contributed by atoms with van der Waals surface area (Å²) < 4.78 is 5.46. The minimum atomic E-state index is 0.472. The van der Waals surface area contributed by atoms with Crippen LogP contribution in [0.1, 0.15) is 43.1 Å². The largest absolute Gasteiger partial charge is 0.497 e. The van der Waals surface area contributed by atoms with Gasteiger partial charge in [0.15, 0.2) is 5.82 Å². The molecule has 2 aromatic rings.